The van der Waals surface area contributed by atoms with Crippen LogP contribution in [0, 0.1) is 0 Å². The number of benzene rings is 1. The molecule has 5 nitrogen and oxygen atoms in total. The van der Waals surface area contributed by atoms with Gasteiger partial charge in [0.25, 0.3) is 0 Å². The van der Waals surface area contributed by atoms with E-state index < -0.39 is 21.0 Å². The minimum absolute atomic E-state index is 0.112. The Bertz CT molecular complexity index is 567. The van der Waals surface area contributed by atoms with E-state index in [4.69, 9.17) is 5.73 Å². The van der Waals surface area contributed by atoms with Crippen molar-refractivity contribution < 1.29 is 13.2 Å². The van der Waals surface area contributed by atoms with Gasteiger partial charge in [0.15, 0.2) is 9.84 Å². The van der Waals surface area contributed by atoms with Gasteiger partial charge in [0.2, 0.25) is 5.91 Å². The fourth-order valence-electron chi connectivity index (χ4n) is 2.39. The fourth-order valence-corrected chi connectivity index (χ4v) is 4.20. The number of anilines is 1. The van der Waals surface area contributed by atoms with Crippen LogP contribution in [0.1, 0.15) is 24.8 Å². The predicted octanol–water partition coefficient (Wildman–Crippen LogP) is 1.09. The lowest BCUT2D eigenvalue weighted by atomic mass is 10.1. The van der Waals surface area contributed by atoms with Gasteiger partial charge in [-0.3, -0.25) is 4.79 Å². The van der Waals surface area contributed by atoms with Crippen molar-refractivity contribution in [1.29, 1.82) is 0 Å². The largest absolute Gasteiger partial charge is 0.330 e. The standard InChI is InChI=1S/C14H20N2O3S/c15-9-8-11-4-6-12(7-5-11)16-14(17)13-3-1-2-10-20(13,18)19/h4-7,13H,1-3,8-10,15H2,(H,16,17). The molecule has 1 aromatic carbocycles. The number of hydrogen-bond donors (Lipinski definition) is 2. The SMILES string of the molecule is NCCc1ccc(NC(=O)C2CCCCS2(=O)=O)cc1. The number of nitrogens with two attached hydrogens (primary N) is 1. The van der Waals surface area contributed by atoms with Crippen LogP contribution in [0.3, 0.4) is 0 Å². The molecular weight excluding hydrogens is 276 g/mol. The summed E-state index contributed by atoms with van der Waals surface area (Å²) in [7, 11) is -3.29. The highest BCUT2D eigenvalue weighted by molar-refractivity contribution is 7.92. The van der Waals surface area contributed by atoms with Crippen LogP contribution in [0.2, 0.25) is 0 Å². The lowest BCUT2D eigenvalue weighted by molar-refractivity contribution is -0.116. The molecule has 1 atom stereocenters. The molecule has 2 rings (SSSR count). The highest BCUT2D eigenvalue weighted by atomic mass is 32.2. The molecule has 1 heterocycles. The van der Waals surface area contributed by atoms with Crippen molar-refractivity contribution in [3.8, 4) is 0 Å². The summed E-state index contributed by atoms with van der Waals surface area (Å²) in [5.74, 6) is -0.308. The number of carbonyl (C=O) groups excluding carboxylic acids is 1. The minimum atomic E-state index is -3.29. The Kier molecular flexibility index (Phi) is 4.77. The van der Waals surface area contributed by atoms with E-state index >= 15 is 0 Å². The molecular formula is C14H20N2O3S. The number of hydrogen-bond acceptors (Lipinski definition) is 4. The maximum absolute atomic E-state index is 12.1. The van der Waals surface area contributed by atoms with E-state index in [2.05, 4.69) is 5.32 Å². The average Bonchev–Trinajstić information content (AvgIpc) is 2.40. The van der Waals surface area contributed by atoms with Gasteiger partial charge >= 0.3 is 0 Å². The number of sulfone groups is 1. The number of carbonyl (C=O) groups is 1. The van der Waals surface area contributed by atoms with E-state index in [0.29, 0.717) is 25.1 Å². The monoisotopic (exact) mass is 296 g/mol. The van der Waals surface area contributed by atoms with Crippen molar-refractivity contribution in [2.75, 3.05) is 17.6 Å². The van der Waals surface area contributed by atoms with Gasteiger partial charge in [-0.15, -0.1) is 0 Å². The average molecular weight is 296 g/mol. The Morgan fingerprint density at radius 1 is 1.25 bits per heavy atom. The van der Waals surface area contributed by atoms with E-state index in [-0.39, 0.29) is 5.75 Å². The van der Waals surface area contributed by atoms with Crippen molar-refractivity contribution in [1.82, 2.24) is 0 Å². The summed E-state index contributed by atoms with van der Waals surface area (Å²) in [5, 5.41) is 1.78. The zero-order valence-corrected chi connectivity index (χ0v) is 12.2. The van der Waals surface area contributed by atoms with Crippen LogP contribution in [0.15, 0.2) is 24.3 Å². The summed E-state index contributed by atoms with van der Waals surface area (Å²) < 4.78 is 23.8. The summed E-state index contributed by atoms with van der Waals surface area (Å²) in [6, 6.07) is 7.33. The molecule has 1 amide bonds. The molecule has 1 saturated heterocycles. The molecule has 6 heteroatoms. The maximum atomic E-state index is 12.1. The van der Waals surface area contributed by atoms with Gasteiger partial charge in [-0.1, -0.05) is 18.6 Å². The summed E-state index contributed by atoms with van der Waals surface area (Å²) in [5.41, 5.74) is 7.19. The number of amides is 1. The zero-order valence-electron chi connectivity index (χ0n) is 11.3. The third-order valence-corrected chi connectivity index (χ3v) is 5.70. The molecule has 3 N–H and O–H groups in total. The summed E-state index contributed by atoms with van der Waals surface area (Å²) >= 11 is 0. The number of rotatable bonds is 4. The Hall–Kier alpha value is -1.40. The van der Waals surface area contributed by atoms with Crippen LogP contribution in [-0.4, -0.2) is 31.9 Å². The Morgan fingerprint density at radius 2 is 1.95 bits per heavy atom. The quantitative estimate of drug-likeness (QED) is 0.870. The van der Waals surface area contributed by atoms with Crippen molar-refractivity contribution in [3.63, 3.8) is 0 Å². The molecule has 0 aromatic heterocycles. The highest BCUT2D eigenvalue weighted by Crippen LogP contribution is 2.21. The molecule has 1 aliphatic heterocycles. The van der Waals surface area contributed by atoms with Gasteiger partial charge in [0, 0.05) is 5.69 Å². The van der Waals surface area contributed by atoms with Crippen LogP contribution in [0.4, 0.5) is 5.69 Å². The minimum Gasteiger partial charge on any atom is -0.330 e. The topological polar surface area (TPSA) is 89.3 Å². The summed E-state index contributed by atoms with van der Waals surface area (Å²) in [6.45, 7) is 0.575. The molecule has 0 aliphatic carbocycles. The molecule has 1 fully saturated rings. The molecule has 0 saturated carbocycles. The van der Waals surface area contributed by atoms with Crippen molar-refractivity contribution >= 4 is 21.4 Å². The molecule has 1 aliphatic rings. The van der Waals surface area contributed by atoms with Gasteiger partial charge in [0.1, 0.15) is 5.25 Å². The van der Waals surface area contributed by atoms with Crippen molar-refractivity contribution in [2.45, 2.75) is 30.9 Å². The van der Waals surface area contributed by atoms with Gasteiger partial charge in [-0.05, 0) is 43.5 Å². The zero-order chi connectivity index (χ0) is 14.6. The smallest absolute Gasteiger partial charge is 0.242 e. The first kappa shape index (κ1) is 15.0. The first-order chi connectivity index (χ1) is 9.53. The molecule has 1 unspecified atom stereocenters. The normalized spacial score (nSPS) is 21.4. The Labute approximate surface area is 119 Å². The van der Waals surface area contributed by atoms with E-state index in [1.165, 1.54) is 0 Å². The highest BCUT2D eigenvalue weighted by Gasteiger charge is 2.34. The second-order valence-electron chi connectivity index (χ2n) is 5.08. The third kappa shape index (κ3) is 3.58. The van der Waals surface area contributed by atoms with Crippen LogP contribution < -0.4 is 11.1 Å². The van der Waals surface area contributed by atoms with Gasteiger partial charge in [-0.2, -0.15) is 0 Å². The van der Waals surface area contributed by atoms with Crippen LogP contribution >= 0.6 is 0 Å². The van der Waals surface area contributed by atoms with E-state index in [1.807, 2.05) is 12.1 Å². The van der Waals surface area contributed by atoms with Crippen LogP contribution in [0.5, 0.6) is 0 Å². The van der Waals surface area contributed by atoms with Crippen molar-refractivity contribution in [3.05, 3.63) is 29.8 Å². The first-order valence-electron chi connectivity index (χ1n) is 6.84. The van der Waals surface area contributed by atoms with Gasteiger partial charge in [-0.25, -0.2) is 8.42 Å². The third-order valence-electron chi connectivity index (χ3n) is 3.53. The van der Waals surface area contributed by atoms with E-state index in [9.17, 15) is 13.2 Å². The fraction of sp³-hybridized carbons (Fsp3) is 0.500. The van der Waals surface area contributed by atoms with Gasteiger partial charge in [0.05, 0.1) is 5.75 Å². The second kappa shape index (κ2) is 6.37. The molecule has 0 spiro atoms. The molecule has 110 valence electrons. The van der Waals surface area contributed by atoms with E-state index in [1.54, 1.807) is 12.1 Å². The molecule has 1 aromatic rings. The lowest BCUT2D eigenvalue weighted by Gasteiger charge is -2.21. The predicted molar refractivity (Wildman–Crippen MR) is 79.3 cm³/mol. The summed E-state index contributed by atoms with van der Waals surface area (Å²) in [4.78, 5) is 12.1. The summed E-state index contributed by atoms with van der Waals surface area (Å²) in [6.07, 6.45) is 2.64. The van der Waals surface area contributed by atoms with Crippen LogP contribution in [-0.2, 0) is 21.1 Å². The maximum Gasteiger partial charge on any atom is 0.242 e. The second-order valence-corrected chi connectivity index (χ2v) is 7.38. The lowest BCUT2D eigenvalue weighted by Crippen LogP contribution is -2.39. The molecule has 20 heavy (non-hydrogen) atoms. The Balaban J connectivity index is 2.03. The van der Waals surface area contributed by atoms with E-state index in [0.717, 1.165) is 18.4 Å². The van der Waals surface area contributed by atoms with Crippen LogP contribution in [0.25, 0.3) is 0 Å². The number of nitrogens with one attached hydrogen (secondary N) is 1. The molecule has 0 bridgehead atoms. The Morgan fingerprint density at radius 3 is 2.55 bits per heavy atom. The van der Waals surface area contributed by atoms with Gasteiger partial charge < -0.3 is 11.1 Å². The van der Waals surface area contributed by atoms with Crippen molar-refractivity contribution in [2.24, 2.45) is 5.73 Å². The first-order valence-corrected chi connectivity index (χ1v) is 8.56. The molecule has 0 radical (unpaired) electrons.